The van der Waals surface area contributed by atoms with Gasteiger partial charge in [-0.2, -0.15) is 0 Å². The Morgan fingerprint density at radius 1 is 1.35 bits per heavy atom. The van der Waals surface area contributed by atoms with Crippen molar-refractivity contribution in [2.75, 3.05) is 6.54 Å². The second kappa shape index (κ2) is 4.55. The van der Waals surface area contributed by atoms with Crippen LogP contribution in [0, 0.1) is 0 Å². The predicted octanol–water partition coefficient (Wildman–Crippen LogP) is 0.239. The molecule has 1 aliphatic rings. The first kappa shape index (κ1) is 11.6. The highest BCUT2D eigenvalue weighted by Gasteiger charge is 2.30. The number of nitrogens with one attached hydrogen (secondary N) is 1. The maximum absolute atomic E-state index is 11.8. The quantitative estimate of drug-likeness (QED) is 0.719. The Kier molecular flexibility index (Phi) is 3.10. The van der Waals surface area contributed by atoms with Crippen molar-refractivity contribution < 1.29 is 14.7 Å². The van der Waals surface area contributed by atoms with Crippen LogP contribution in [0.15, 0.2) is 24.3 Å². The Bertz CT molecular complexity index is 442. The van der Waals surface area contributed by atoms with Gasteiger partial charge in [0.2, 0.25) is 11.8 Å². The number of rotatable bonds is 2. The van der Waals surface area contributed by atoms with Gasteiger partial charge in [-0.1, -0.05) is 12.1 Å². The summed E-state index contributed by atoms with van der Waals surface area (Å²) in [6.45, 7) is 2.17. The minimum atomic E-state index is -0.329. The fourth-order valence-electron chi connectivity index (χ4n) is 1.73. The van der Waals surface area contributed by atoms with E-state index in [1.165, 1.54) is 17.0 Å². The van der Waals surface area contributed by atoms with Gasteiger partial charge in [0.1, 0.15) is 5.75 Å². The molecule has 90 valence electrons. The number of benzene rings is 1. The van der Waals surface area contributed by atoms with E-state index in [4.69, 9.17) is 5.11 Å². The number of aromatic hydroxyl groups is 1. The lowest BCUT2D eigenvalue weighted by Gasteiger charge is -2.29. The van der Waals surface area contributed by atoms with Gasteiger partial charge in [0.15, 0.2) is 0 Å². The van der Waals surface area contributed by atoms with E-state index in [1.54, 1.807) is 19.1 Å². The molecule has 1 saturated heterocycles. The molecule has 5 heteroatoms. The van der Waals surface area contributed by atoms with Crippen LogP contribution in [0.2, 0.25) is 0 Å². The summed E-state index contributed by atoms with van der Waals surface area (Å²) in [5.74, 6) is -0.268. The smallest absolute Gasteiger partial charge is 0.246 e. The summed E-state index contributed by atoms with van der Waals surface area (Å²) in [5.41, 5.74) is 0.818. The molecule has 0 bridgehead atoms. The highest BCUT2D eigenvalue weighted by Crippen LogP contribution is 2.13. The summed E-state index contributed by atoms with van der Waals surface area (Å²) in [7, 11) is 0. The molecule has 2 N–H and O–H groups in total. The van der Waals surface area contributed by atoms with E-state index in [9.17, 15) is 9.59 Å². The van der Waals surface area contributed by atoms with E-state index >= 15 is 0 Å². The van der Waals surface area contributed by atoms with Gasteiger partial charge < -0.3 is 5.11 Å². The number of amides is 2. The number of piperazine rings is 1. The molecule has 1 fully saturated rings. The molecule has 2 rings (SSSR count). The number of hydrogen-bond donors (Lipinski definition) is 2. The summed E-state index contributed by atoms with van der Waals surface area (Å²) in [5, 5.41) is 12.0. The summed E-state index contributed by atoms with van der Waals surface area (Å²) in [6.07, 6.45) is 0. The molecule has 1 atom stereocenters. The Morgan fingerprint density at radius 3 is 2.65 bits per heavy atom. The minimum absolute atomic E-state index is 0.167. The van der Waals surface area contributed by atoms with E-state index in [-0.39, 0.29) is 36.7 Å². The molecule has 17 heavy (non-hydrogen) atoms. The van der Waals surface area contributed by atoms with Crippen LogP contribution in [-0.4, -0.2) is 34.4 Å². The van der Waals surface area contributed by atoms with Crippen molar-refractivity contribution in [3.8, 4) is 5.75 Å². The lowest BCUT2D eigenvalue weighted by molar-refractivity contribution is -0.149. The zero-order valence-electron chi connectivity index (χ0n) is 9.51. The van der Waals surface area contributed by atoms with Crippen LogP contribution in [0.5, 0.6) is 5.75 Å². The highest BCUT2D eigenvalue weighted by atomic mass is 16.3. The SMILES string of the molecule is CC1NCC(=O)N(Cc2ccc(O)cc2)C1=O. The molecule has 0 radical (unpaired) electrons. The third-order valence-corrected chi connectivity index (χ3v) is 2.77. The van der Waals surface area contributed by atoms with Crippen LogP contribution in [0.1, 0.15) is 12.5 Å². The third kappa shape index (κ3) is 2.45. The van der Waals surface area contributed by atoms with Gasteiger partial charge in [-0.25, -0.2) is 0 Å². The Balaban J connectivity index is 2.13. The molecule has 0 saturated carbocycles. The maximum Gasteiger partial charge on any atom is 0.246 e. The van der Waals surface area contributed by atoms with Gasteiger partial charge in [-0.05, 0) is 24.6 Å². The normalized spacial score (nSPS) is 20.8. The maximum atomic E-state index is 11.8. The molecule has 1 heterocycles. The second-order valence-electron chi connectivity index (χ2n) is 4.09. The molecule has 1 unspecified atom stereocenters. The fourth-order valence-corrected chi connectivity index (χ4v) is 1.73. The van der Waals surface area contributed by atoms with Gasteiger partial charge in [0.25, 0.3) is 0 Å². The standard InChI is InChI=1S/C12H14N2O3/c1-8-12(17)14(11(16)6-13-8)7-9-2-4-10(15)5-3-9/h2-5,8,13,15H,6-7H2,1H3. The van der Waals surface area contributed by atoms with Gasteiger partial charge in [0.05, 0.1) is 19.1 Å². The van der Waals surface area contributed by atoms with E-state index in [1.807, 2.05) is 0 Å². The molecule has 0 aromatic heterocycles. The van der Waals surface area contributed by atoms with Crippen LogP contribution in [0.4, 0.5) is 0 Å². The second-order valence-corrected chi connectivity index (χ2v) is 4.09. The summed E-state index contributed by atoms with van der Waals surface area (Å²) < 4.78 is 0. The lowest BCUT2D eigenvalue weighted by atomic mass is 10.1. The summed E-state index contributed by atoms with van der Waals surface area (Å²) >= 11 is 0. The number of nitrogens with zero attached hydrogens (tertiary/aromatic N) is 1. The van der Waals surface area contributed by atoms with Crippen molar-refractivity contribution in [1.82, 2.24) is 10.2 Å². The molecular weight excluding hydrogens is 220 g/mol. The molecule has 5 nitrogen and oxygen atoms in total. The van der Waals surface area contributed by atoms with Gasteiger partial charge in [0, 0.05) is 0 Å². The number of imide groups is 1. The topological polar surface area (TPSA) is 69.6 Å². The number of phenolic OH excluding ortho intramolecular Hbond substituents is 1. The fraction of sp³-hybridized carbons (Fsp3) is 0.333. The van der Waals surface area contributed by atoms with Gasteiger partial charge >= 0.3 is 0 Å². The first-order valence-electron chi connectivity index (χ1n) is 5.43. The van der Waals surface area contributed by atoms with Crippen molar-refractivity contribution in [3.63, 3.8) is 0 Å². The van der Waals surface area contributed by atoms with E-state index < -0.39 is 0 Å². The average molecular weight is 234 g/mol. The molecule has 1 aliphatic heterocycles. The zero-order valence-corrected chi connectivity index (χ0v) is 9.51. The van der Waals surface area contributed by atoms with Crippen molar-refractivity contribution in [1.29, 1.82) is 0 Å². The lowest BCUT2D eigenvalue weighted by Crippen LogP contribution is -2.56. The monoisotopic (exact) mass is 234 g/mol. The van der Waals surface area contributed by atoms with Crippen LogP contribution >= 0.6 is 0 Å². The zero-order chi connectivity index (χ0) is 12.4. The Labute approximate surface area is 99.0 Å². The van der Waals surface area contributed by atoms with Crippen molar-refractivity contribution in [3.05, 3.63) is 29.8 Å². The van der Waals surface area contributed by atoms with E-state index in [0.29, 0.717) is 0 Å². The number of carbonyl (C=O) groups excluding carboxylic acids is 2. The molecule has 1 aromatic rings. The molecule has 0 spiro atoms. The molecule has 2 amide bonds. The van der Waals surface area contributed by atoms with Crippen LogP contribution < -0.4 is 5.32 Å². The van der Waals surface area contributed by atoms with Gasteiger partial charge in [-0.3, -0.25) is 19.8 Å². The summed E-state index contributed by atoms with van der Waals surface area (Å²) in [4.78, 5) is 24.7. The largest absolute Gasteiger partial charge is 0.508 e. The van der Waals surface area contributed by atoms with Gasteiger partial charge in [-0.15, -0.1) is 0 Å². The van der Waals surface area contributed by atoms with Crippen LogP contribution in [-0.2, 0) is 16.1 Å². The van der Waals surface area contributed by atoms with Crippen molar-refractivity contribution >= 4 is 11.8 Å². The van der Waals surface area contributed by atoms with Crippen molar-refractivity contribution in [2.45, 2.75) is 19.5 Å². The highest BCUT2D eigenvalue weighted by molar-refractivity contribution is 6.00. The van der Waals surface area contributed by atoms with E-state index in [2.05, 4.69) is 5.32 Å². The summed E-state index contributed by atoms with van der Waals surface area (Å²) in [6, 6.07) is 6.14. The Morgan fingerprint density at radius 2 is 2.00 bits per heavy atom. The number of phenols is 1. The molecule has 1 aromatic carbocycles. The average Bonchev–Trinajstić information content (AvgIpc) is 2.32. The van der Waals surface area contributed by atoms with Crippen LogP contribution in [0.3, 0.4) is 0 Å². The van der Waals surface area contributed by atoms with Crippen LogP contribution in [0.25, 0.3) is 0 Å². The third-order valence-electron chi connectivity index (χ3n) is 2.77. The van der Waals surface area contributed by atoms with E-state index in [0.717, 1.165) is 5.56 Å². The molecular formula is C12H14N2O3. The minimum Gasteiger partial charge on any atom is -0.508 e. The number of hydrogen-bond acceptors (Lipinski definition) is 4. The number of carbonyl (C=O) groups is 2. The molecule has 0 aliphatic carbocycles. The first-order valence-corrected chi connectivity index (χ1v) is 5.43. The Hall–Kier alpha value is -1.88. The first-order chi connectivity index (χ1) is 8.08. The predicted molar refractivity (Wildman–Crippen MR) is 61.1 cm³/mol. The van der Waals surface area contributed by atoms with Crippen molar-refractivity contribution in [2.24, 2.45) is 0 Å².